The smallest absolute Gasteiger partial charge is 0.326 e. The third-order valence-electron chi connectivity index (χ3n) is 3.52. The number of carbonyl (C=O) groups excluding carboxylic acids is 1. The number of nitrogens with zero attached hydrogens (tertiary/aromatic N) is 1. The van der Waals surface area contributed by atoms with Crippen LogP contribution in [0.2, 0.25) is 0 Å². The Morgan fingerprint density at radius 3 is 2.59 bits per heavy atom. The summed E-state index contributed by atoms with van der Waals surface area (Å²) in [7, 11) is 0. The quantitative estimate of drug-likeness (QED) is 0.858. The molecule has 2 rings (SSSR count). The number of hydrogen-bond donors (Lipinski definition) is 2. The lowest BCUT2D eigenvalue weighted by atomic mass is 9.99. The maximum absolute atomic E-state index is 12.2. The van der Waals surface area contributed by atoms with Gasteiger partial charge in [-0.05, 0) is 5.92 Å². The molecule has 2 N–H and O–H groups in total. The number of aliphatic carboxylic acids is 1. The molecule has 1 heterocycles. The Morgan fingerprint density at radius 1 is 1.32 bits per heavy atom. The summed E-state index contributed by atoms with van der Waals surface area (Å²) in [5.74, 6) is -1.55. The number of benzene rings is 1. The zero-order valence-electron chi connectivity index (χ0n) is 12.4. The molecule has 1 aromatic carbocycles. The molecular formula is C16H18N2O3S. The first-order valence-electron chi connectivity index (χ1n) is 7.07. The second-order valence-electron chi connectivity index (χ2n) is 5.07. The van der Waals surface area contributed by atoms with Crippen LogP contribution in [-0.4, -0.2) is 28.0 Å². The Balaban J connectivity index is 2.13. The van der Waals surface area contributed by atoms with Gasteiger partial charge in [0.1, 0.15) is 15.9 Å². The van der Waals surface area contributed by atoms with Gasteiger partial charge in [-0.3, -0.25) is 4.79 Å². The van der Waals surface area contributed by atoms with Crippen molar-refractivity contribution in [3.8, 4) is 10.6 Å². The largest absolute Gasteiger partial charge is 0.480 e. The molecule has 2 atom stereocenters. The molecule has 0 aliphatic heterocycles. The van der Waals surface area contributed by atoms with E-state index in [1.807, 2.05) is 37.3 Å². The van der Waals surface area contributed by atoms with E-state index in [2.05, 4.69) is 10.3 Å². The van der Waals surface area contributed by atoms with E-state index in [1.54, 1.807) is 6.92 Å². The standard InChI is InChI=1S/C16H18N2O3S/c1-3-10(2)13(16(20)21)18-14(19)12-9-17-15(22-12)11-7-5-4-6-8-11/h4-10,13H,3H2,1-2H3,(H,18,19)(H,20,21)/t10-,13-/m0/s1. The van der Waals surface area contributed by atoms with Crippen molar-refractivity contribution in [2.75, 3.05) is 0 Å². The first-order chi connectivity index (χ1) is 10.5. The average molecular weight is 318 g/mol. The number of hydrogen-bond acceptors (Lipinski definition) is 4. The van der Waals surface area contributed by atoms with E-state index >= 15 is 0 Å². The first-order valence-corrected chi connectivity index (χ1v) is 7.89. The minimum Gasteiger partial charge on any atom is -0.480 e. The van der Waals surface area contributed by atoms with Crippen molar-refractivity contribution in [1.29, 1.82) is 0 Å². The second-order valence-corrected chi connectivity index (χ2v) is 6.10. The number of thiazole rings is 1. The Morgan fingerprint density at radius 2 is 2.00 bits per heavy atom. The van der Waals surface area contributed by atoms with Crippen LogP contribution in [0.1, 0.15) is 29.9 Å². The average Bonchev–Trinajstić information content (AvgIpc) is 3.02. The van der Waals surface area contributed by atoms with E-state index in [1.165, 1.54) is 17.5 Å². The van der Waals surface area contributed by atoms with Crippen LogP contribution in [0.15, 0.2) is 36.5 Å². The van der Waals surface area contributed by atoms with E-state index in [0.717, 1.165) is 10.6 Å². The summed E-state index contributed by atoms with van der Waals surface area (Å²) in [6.07, 6.45) is 2.16. The Hall–Kier alpha value is -2.21. The molecule has 0 aliphatic rings. The van der Waals surface area contributed by atoms with Crippen LogP contribution < -0.4 is 5.32 Å². The van der Waals surface area contributed by atoms with Crippen molar-refractivity contribution in [2.45, 2.75) is 26.3 Å². The molecule has 0 bridgehead atoms. The Labute approximate surface area is 133 Å². The molecule has 22 heavy (non-hydrogen) atoms. The maximum Gasteiger partial charge on any atom is 0.326 e. The van der Waals surface area contributed by atoms with Gasteiger partial charge in [0, 0.05) is 5.56 Å². The van der Waals surface area contributed by atoms with Crippen LogP contribution in [0, 0.1) is 5.92 Å². The van der Waals surface area contributed by atoms with Crippen LogP contribution >= 0.6 is 11.3 Å². The molecule has 0 saturated heterocycles. The molecule has 5 nitrogen and oxygen atoms in total. The molecule has 6 heteroatoms. The number of amides is 1. The van der Waals surface area contributed by atoms with Gasteiger partial charge in [-0.2, -0.15) is 0 Å². The molecular weight excluding hydrogens is 300 g/mol. The van der Waals surface area contributed by atoms with Gasteiger partial charge >= 0.3 is 5.97 Å². The molecule has 2 aromatic rings. The summed E-state index contributed by atoms with van der Waals surface area (Å²) >= 11 is 1.25. The highest BCUT2D eigenvalue weighted by molar-refractivity contribution is 7.16. The monoisotopic (exact) mass is 318 g/mol. The molecule has 116 valence electrons. The van der Waals surface area contributed by atoms with E-state index < -0.39 is 17.9 Å². The zero-order chi connectivity index (χ0) is 16.1. The molecule has 0 unspecified atom stereocenters. The van der Waals surface area contributed by atoms with Gasteiger partial charge in [0.25, 0.3) is 5.91 Å². The number of nitrogens with one attached hydrogen (secondary N) is 1. The number of carboxylic acids is 1. The fourth-order valence-electron chi connectivity index (χ4n) is 1.99. The summed E-state index contributed by atoms with van der Waals surface area (Å²) in [6, 6.07) is 8.66. The molecule has 0 spiro atoms. The molecule has 0 saturated carbocycles. The fraction of sp³-hybridized carbons (Fsp3) is 0.312. The molecule has 1 amide bonds. The van der Waals surface area contributed by atoms with Crippen molar-refractivity contribution in [3.05, 3.63) is 41.4 Å². The minimum atomic E-state index is -1.02. The highest BCUT2D eigenvalue weighted by Crippen LogP contribution is 2.25. The highest BCUT2D eigenvalue weighted by Gasteiger charge is 2.26. The Kier molecular flexibility index (Phi) is 5.27. The number of aromatic nitrogens is 1. The van der Waals surface area contributed by atoms with Gasteiger partial charge < -0.3 is 10.4 Å². The normalized spacial score (nSPS) is 13.4. The van der Waals surface area contributed by atoms with Gasteiger partial charge in [-0.1, -0.05) is 50.6 Å². The molecule has 0 radical (unpaired) electrons. The summed E-state index contributed by atoms with van der Waals surface area (Å²) in [4.78, 5) is 28.1. The van der Waals surface area contributed by atoms with Gasteiger partial charge in [0.2, 0.25) is 0 Å². The fourth-order valence-corrected chi connectivity index (χ4v) is 2.81. The third-order valence-corrected chi connectivity index (χ3v) is 4.56. The van der Waals surface area contributed by atoms with Crippen LogP contribution in [0.3, 0.4) is 0 Å². The number of rotatable bonds is 6. The van der Waals surface area contributed by atoms with Crippen molar-refractivity contribution in [2.24, 2.45) is 5.92 Å². The van der Waals surface area contributed by atoms with Crippen LogP contribution in [0.5, 0.6) is 0 Å². The third kappa shape index (κ3) is 3.71. The first kappa shape index (κ1) is 16.2. The SMILES string of the molecule is CC[C@H](C)[C@H](NC(=O)c1cnc(-c2ccccc2)s1)C(=O)O. The van der Waals surface area contributed by atoms with Gasteiger partial charge in [0.05, 0.1) is 6.20 Å². The van der Waals surface area contributed by atoms with Crippen LogP contribution in [0.25, 0.3) is 10.6 Å². The van der Waals surface area contributed by atoms with Crippen molar-refractivity contribution >= 4 is 23.2 Å². The predicted molar refractivity (Wildman–Crippen MR) is 85.9 cm³/mol. The predicted octanol–water partition coefficient (Wildman–Crippen LogP) is 3.04. The van der Waals surface area contributed by atoms with Crippen LogP contribution in [-0.2, 0) is 4.79 Å². The van der Waals surface area contributed by atoms with Gasteiger partial charge in [-0.25, -0.2) is 9.78 Å². The summed E-state index contributed by atoms with van der Waals surface area (Å²) in [5.41, 5.74) is 0.934. The van der Waals surface area contributed by atoms with E-state index in [9.17, 15) is 14.7 Å². The molecule has 0 aliphatic carbocycles. The summed E-state index contributed by atoms with van der Waals surface area (Å²) in [6.45, 7) is 3.70. The minimum absolute atomic E-state index is 0.136. The van der Waals surface area contributed by atoms with E-state index in [-0.39, 0.29) is 5.92 Å². The summed E-state index contributed by atoms with van der Waals surface area (Å²) < 4.78 is 0. The Bertz CT molecular complexity index is 654. The van der Waals surface area contributed by atoms with Gasteiger partial charge in [0.15, 0.2) is 0 Å². The molecule has 0 fully saturated rings. The van der Waals surface area contributed by atoms with Gasteiger partial charge in [-0.15, -0.1) is 11.3 Å². The van der Waals surface area contributed by atoms with Crippen molar-refractivity contribution < 1.29 is 14.7 Å². The van der Waals surface area contributed by atoms with Crippen molar-refractivity contribution in [1.82, 2.24) is 10.3 Å². The summed E-state index contributed by atoms with van der Waals surface area (Å²) in [5, 5.41) is 12.5. The zero-order valence-corrected chi connectivity index (χ0v) is 13.3. The van der Waals surface area contributed by atoms with Crippen LogP contribution in [0.4, 0.5) is 0 Å². The topological polar surface area (TPSA) is 79.3 Å². The second kappa shape index (κ2) is 7.17. The lowest BCUT2D eigenvalue weighted by Crippen LogP contribution is -2.44. The van der Waals surface area contributed by atoms with E-state index in [0.29, 0.717) is 11.3 Å². The highest BCUT2D eigenvalue weighted by atomic mass is 32.1. The number of carboxylic acid groups (broad SMARTS) is 1. The lowest BCUT2D eigenvalue weighted by Gasteiger charge is -2.19. The maximum atomic E-state index is 12.2. The van der Waals surface area contributed by atoms with E-state index in [4.69, 9.17) is 0 Å². The number of carbonyl (C=O) groups is 2. The lowest BCUT2D eigenvalue weighted by molar-refractivity contribution is -0.140. The van der Waals surface area contributed by atoms with Crippen molar-refractivity contribution in [3.63, 3.8) is 0 Å². The molecule has 1 aromatic heterocycles.